The van der Waals surface area contributed by atoms with Gasteiger partial charge in [0.25, 0.3) is 0 Å². The van der Waals surface area contributed by atoms with E-state index in [4.69, 9.17) is 33.0 Å². The summed E-state index contributed by atoms with van der Waals surface area (Å²) in [6.07, 6.45) is 0.671. The van der Waals surface area contributed by atoms with Crippen molar-refractivity contribution in [3.05, 3.63) is 99.9 Å². The molecule has 0 atom stereocenters. The standard InChI is InChI=1S/C26H22Cl2FN3O2/c1-34-24-8-6-23(7-9-24)32-25(18-3-2-4-21(29)13-18)15-22(31-32)5-10-26(33)30-16-17-11-19(27)14-20(28)12-17/h2-4,6-9,11-15H,5,10,16H2,1H3,(H,30,33). The largest absolute Gasteiger partial charge is 0.497 e. The Bertz CT molecular complexity index is 1290. The summed E-state index contributed by atoms with van der Waals surface area (Å²) in [5, 5.41) is 8.61. The minimum absolute atomic E-state index is 0.123. The smallest absolute Gasteiger partial charge is 0.220 e. The molecule has 0 aliphatic carbocycles. The van der Waals surface area contributed by atoms with E-state index >= 15 is 0 Å². The van der Waals surface area contributed by atoms with Crippen LogP contribution in [0.1, 0.15) is 17.7 Å². The van der Waals surface area contributed by atoms with Crippen LogP contribution >= 0.6 is 23.2 Å². The first-order chi connectivity index (χ1) is 16.4. The van der Waals surface area contributed by atoms with Gasteiger partial charge in [-0.25, -0.2) is 9.07 Å². The molecule has 0 radical (unpaired) electrons. The first-order valence-corrected chi connectivity index (χ1v) is 11.4. The van der Waals surface area contributed by atoms with E-state index in [-0.39, 0.29) is 18.1 Å². The lowest BCUT2D eigenvalue weighted by Crippen LogP contribution is -2.23. The highest BCUT2D eigenvalue weighted by Crippen LogP contribution is 2.26. The number of amides is 1. The molecule has 174 valence electrons. The summed E-state index contributed by atoms with van der Waals surface area (Å²) in [6, 6.07) is 20.8. The van der Waals surface area contributed by atoms with Crippen molar-refractivity contribution in [1.82, 2.24) is 15.1 Å². The van der Waals surface area contributed by atoms with Gasteiger partial charge in [-0.2, -0.15) is 5.10 Å². The van der Waals surface area contributed by atoms with Crippen LogP contribution in [0.2, 0.25) is 10.0 Å². The van der Waals surface area contributed by atoms with E-state index in [2.05, 4.69) is 5.32 Å². The maximum Gasteiger partial charge on any atom is 0.220 e. The van der Waals surface area contributed by atoms with Gasteiger partial charge in [-0.15, -0.1) is 0 Å². The van der Waals surface area contributed by atoms with Crippen LogP contribution in [0.15, 0.2) is 72.8 Å². The molecule has 1 N–H and O–H groups in total. The number of rotatable bonds is 8. The SMILES string of the molecule is COc1ccc(-n2nc(CCC(=O)NCc3cc(Cl)cc(Cl)c3)cc2-c2cccc(F)c2)cc1. The lowest BCUT2D eigenvalue weighted by molar-refractivity contribution is -0.121. The summed E-state index contributed by atoms with van der Waals surface area (Å²) in [4.78, 5) is 12.4. The van der Waals surface area contributed by atoms with Crippen molar-refractivity contribution in [1.29, 1.82) is 0 Å². The Morgan fingerprint density at radius 3 is 2.44 bits per heavy atom. The molecule has 34 heavy (non-hydrogen) atoms. The van der Waals surface area contributed by atoms with Gasteiger partial charge in [0.05, 0.1) is 24.2 Å². The first-order valence-electron chi connectivity index (χ1n) is 10.6. The molecule has 8 heteroatoms. The Balaban J connectivity index is 1.50. The summed E-state index contributed by atoms with van der Waals surface area (Å²) in [5.74, 6) is 0.269. The van der Waals surface area contributed by atoms with Crippen LogP contribution in [0, 0.1) is 5.82 Å². The fourth-order valence-corrected chi connectivity index (χ4v) is 4.14. The number of nitrogens with zero attached hydrogens (tertiary/aromatic N) is 2. The molecule has 1 amide bonds. The lowest BCUT2D eigenvalue weighted by atomic mass is 10.1. The monoisotopic (exact) mass is 497 g/mol. The molecule has 0 fully saturated rings. The Morgan fingerprint density at radius 1 is 1.03 bits per heavy atom. The minimum atomic E-state index is -0.331. The number of carbonyl (C=O) groups is 1. The van der Waals surface area contributed by atoms with Crippen molar-refractivity contribution in [2.24, 2.45) is 0 Å². The zero-order valence-corrected chi connectivity index (χ0v) is 19.9. The van der Waals surface area contributed by atoms with E-state index in [0.717, 1.165) is 28.4 Å². The van der Waals surface area contributed by atoms with Gasteiger partial charge in [0, 0.05) is 35.0 Å². The highest BCUT2D eigenvalue weighted by molar-refractivity contribution is 6.34. The van der Waals surface area contributed by atoms with Gasteiger partial charge in [0.1, 0.15) is 11.6 Å². The quantitative estimate of drug-likeness (QED) is 0.313. The third kappa shape index (κ3) is 5.95. The number of nitrogens with one attached hydrogen (secondary N) is 1. The Kier molecular flexibility index (Phi) is 7.50. The zero-order chi connectivity index (χ0) is 24.1. The van der Waals surface area contributed by atoms with E-state index in [1.807, 2.05) is 36.4 Å². The van der Waals surface area contributed by atoms with Crippen LogP contribution < -0.4 is 10.1 Å². The van der Waals surface area contributed by atoms with Gasteiger partial charge in [-0.05, 0) is 66.2 Å². The fraction of sp³-hybridized carbons (Fsp3) is 0.154. The molecule has 0 bridgehead atoms. The van der Waals surface area contributed by atoms with Gasteiger partial charge in [-0.1, -0.05) is 35.3 Å². The van der Waals surface area contributed by atoms with Gasteiger partial charge in [0.2, 0.25) is 5.91 Å². The maximum atomic E-state index is 13.9. The van der Waals surface area contributed by atoms with Crippen molar-refractivity contribution in [2.75, 3.05) is 7.11 Å². The lowest BCUT2D eigenvalue weighted by Gasteiger charge is -2.08. The first kappa shape index (κ1) is 23.8. The highest BCUT2D eigenvalue weighted by atomic mass is 35.5. The number of halogens is 3. The van der Waals surface area contributed by atoms with E-state index in [1.165, 1.54) is 12.1 Å². The third-order valence-corrected chi connectivity index (χ3v) is 5.65. The van der Waals surface area contributed by atoms with Crippen molar-refractivity contribution in [3.8, 4) is 22.7 Å². The van der Waals surface area contributed by atoms with Gasteiger partial charge < -0.3 is 10.1 Å². The van der Waals surface area contributed by atoms with Gasteiger partial charge in [-0.3, -0.25) is 4.79 Å². The molecule has 0 aliphatic heterocycles. The normalized spacial score (nSPS) is 10.8. The average molecular weight is 498 g/mol. The van der Waals surface area contributed by atoms with Crippen LogP contribution in [0.3, 0.4) is 0 Å². The molecule has 5 nitrogen and oxygen atoms in total. The molecule has 3 aromatic carbocycles. The Hall–Kier alpha value is -3.35. The van der Waals surface area contributed by atoms with Crippen molar-refractivity contribution in [3.63, 3.8) is 0 Å². The number of carbonyl (C=O) groups excluding carboxylic acids is 1. The topological polar surface area (TPSA) is 56.2 Å². The number of benzene rings is 3. The number of aryl methyl sites for hydroxylation is 1. The second kappa shape index (κ2) is 10.7. The fourth-order valence-electron chi connectivity index (χ4n) is 3.57. The minimum Gasteiger partial charge on any atom is -0.497 e. The van der Waals surface area contributed by atoms with E-state index in [0.29, 0.717) is 28.6 Å². The molecule has 0 spiro atoms. The number of methoxy groups -OCH3 is 1. The molecule has 4 rings (SSSR count). The average Bonchev–Trinajstić information content (AvgIpc) is 3.25. The number of hydrogen-bond donors (Lipinski definition) is 1. The number of hydrogen-bond acceptors (Lipinski definition) is 3. The summed E-state index contributed by atoms with van der Waals surface area (Å²) < 4.78 is 20.9. The number of aromatic nitrogens is 2. The Morgan fingerprint density at radius 2 is 1.76 bits per heavy atom. The van der Waals surface area contributed by atoms with Crippen molar-refractivity contribution < 1.29 is 13.9 Å². The van der Waals surface area contributed by atoms with E-state index in [9.17, 15) is 9.18 Å². The molecule has 1 aromatic heterocycles. The second-order valence-corrected chi connectivity index (χ2v) is 8.57. The summed E-state index contributed by atoms with van der Waals surface area (Å²) >= 11 is 12.0. The summed E-state index contributed by atoms with van der Waals surface area (Å²) in [5.41, 5.74) is 3.76. The molecule has 1 heterocycles. The molecule has 0 saturated heterocycles. The molecular formula is C26H22Cl2FN3O2. The predicted octanol–water partition coefficient (Wildman–Crippen LogP) is 6.24. The summed E-state index contributed by atoms with van der Waals surface area (Å²) in [6.45, 7) is 0.327. The molecule has 0 aliphatic rings. The maximum absolute atomic E-state index is 13.9. The molecular weight excluding hydrogens is 476 g/mol. The zero-order valence-electron chi connectivity index (χ0n) is 18.4. The molecule has 4 aromatic rings. The van der Waals surface area contributed by atoms with Crippen LogP contribution in [0.4, 0.5) is 4.39 Å². The van der Waals surface area contributed by atoms with Crippen LogP contribution in [0.25, 0.3) is 16.9 Å². The second-order valence-electron chi connectivity index (χ2n) is 7.70. The van der Waals surface area contributed by atoms with Crippen molar-refractivity contribution in [2.45, 2.75) is 19.4 Å². The van der Waals surface area contributed by atoms with Crippen LogP contribution in [0.5, 0.6) is 5.75 Å². The van der Waals surface area contributed by atoms with Crippen molar-refractivity contribution >= 4 is 29.1 Å². The van der Waals surface area contributed by atoms with Crippen LogP contribution in [-0.2, 0) is 17.8 Å². The highest BCUT2D eigenvalue weighted by Gasteiger charge is 2.14. The summed E-state index contributed by atoms with van der Waals surface area (Å²) in [7, 11) is 1.60. The van der Waals surface area contributed by atoms with Gasteiger partial charge in [0.15, 0.2) is 0 Å². The third-order valence-electron chi connectivity index (χ3n) is 5.22. The predicted molar refractivity (Wildman–Crippen MR) is 132 cm³/mol. The molecule has 0 saturated carbocycles. The van der Waals surface area contributed by atoms with E-state index in [1.54, 1.807) is 36.1 Å². The van der Waals surface area contributed by atoms with Gasteiger partial charge >= 0.3 is 0 Å². The van der Waals surface area contributed by atoms with E-state index < -0.39 is 0 Å². The molecule has 0 unspecified atom stereocenters. The number of ether oxygens (including phenoxy) is 1. The van der Waals surface area contributed by atoms with Crippen LogP contribution in [-0.4, -0.2) is 22.8 Å². The Labute approximate surface area is 207 Å².